The lowest BCUT2D eigenvalue weighted by Crippen LogP contribution is -2.52. The van der Waals surface area contributed by atoms with Crippen molar-refractivity contribution in [2.24, 2.45) is 11.5 Å². The molecule has 0 aromatic rings. The molecule has 0 radical (unpaired) electrons. The van der Waals surface area contributed by atoms with Crippen LogP contribution in [0.1, 0.15) is 25.7 Å². The van der Waals surface area contributed by atoms with Gasteiger partial charge in [0.05, 0.1) is 0 Å². The van der Waals surface area contributed by atoms with Crippen molar-refractivity contribution in [2.75, 3.05) is 24.6 Å². The molecule has 1 heterocycles. The molecule has 1 aliphatic heterocycles. The van der Waals surface area contributed by atoms with Gasteiger partial charge in [-0.2, -0.15) is 11.8 Å². The number of hydrogen-bond donors (Lipinski definition) is 5. The number of aliphatic carboxylic acids is 2. The van der Waals surface area contributed by atoms with Crippen LogP contribution in [0.3, 0.4) is 0 Å². The zero-order valence-corrected chi connectivity index (χ0v) is 12.4. The summed E-state index contributed by atoms with van der Waals surface area (Å²) in [4.78, 5) is 20.9. The summed E-state index contributed by atoms with van der Waals surface area (Å²) >= 11 is 1.34. The fourth-order valence-corrected chi connectivity index (χ4v) is 2.66. The lowest BCUT2D eigenvalue weighted by Gasteiger charge is -2.24. The summed E-state index contributed by atoms with van der Waals surface area (Å²) in [5, 5.41) is 19.7. The number of carboxylic acids is 2. The third-order valence-electron chi connectivity index (χ3n) is 2.73. The Labute approximate surface area is 123 Å². The SMILES string of the molecule is NCCCCCCN.O=C(O)C1CSCC(C(=O)O)N1. The van der Waals surface area contributed by atoms with Crippen LogP contribution in [0.5, 0.6) is 0 Å². The summed E-state index contributed by atoms with van der Waals surface area (Å²) in [5.74, 6) is -1.12. The highest BCUT2D eigenvalue weighted by Gasteiger charge is 2.30. The van der Waals surface area contributed by atoms with Crippen molar-refractivity contribution in [3.05, 3.63) is 0 Å². The molecular formula is C12H25N3O4S. The van der Waals surface area contributed by atoms with Gasteiger partial charge in [0.1, 0.15) is 12.1 Å². The van der Waals surface area contributed by atoms with Gasteiger partial charge in [-0.15, -0.1) is 0 Å². The summed E-state index contributed by atoms with van der Waals surface area (Å²) in [7, 11) is 0. The number of nitrogens with two attached hydrogens (primary N) is 2. The lowest BCUT2D eigenvalue weighted by molar-refractivity contribution is -0.141. The predicted octanol–water partition coefficient (Wildman–Crippen LogP) is -0.307. The van der Waals surface area contributed by atoms with E-state index >= 15 is 0 Å². The molecule has 0 amide bonds. The first-order chi connectivity index (χ1) is 9.52. The monoisotopic (exact) mass is 307 g/mol. The molecule has 7 N–H and O–H groups in total. The van der Waals surface area contributed by atoms with E-state index in [1.54, 1.807) is 0 Å². The fraction of sp³-hybridized carbons (Fsp3) is 0.833. The van der Waals surface area contributed by atoms with Crippen molar-refractivity contribution in [1.29, 1.82) is 0 Å². The molecule has 0 aromatic heterocycles. The molecule has 2 unspecified atom stereocenters. The Morgan fingerprint density at radius 2 is 1.35 bits per heavy atom. The molecule has 2 atom stereocenters. The maximum Gasteiger partial charge on any atom is 0.321 e. The van der Waals surface area contributed by atoms with Crippen LogP contribution in [0.15, 0.2) is 0 Å². The van der Waals surface area contributed by atoms with E-state index in [0.717, 1.165) is 25.9 Å². The van der Waals surface area contributed by atoms with Gasteiger partial charge in [0.25, 0.3) is 0 Å². The topological polar surface area (TPSA) is 139 Å². The van der Waals surface area contributed by atoms with Crippen LogP contribution in [0, 0.1) is 0 Å². The van der Waals surface area contributed by atoms with Crippen molar-refractivity contribution in [3.8, 4) is 0 Å². The first kappa shape index (κ1) is 19.2. The number of thioether (sulfide) groups is 1. The van der Waals surface area contributed by atoms with Crippen molar-refractivity contribution in [2.45, 2.75) is 37.8 Å². The quantitative estimate of drug-likeness (QED) is 0.404. The second-order valence-corrected chi connectivity index (χ2v) is 5.55. The first-order valence-electron chi connectivity index (χ1n) is 6.72. The molecule has 0 aromatic carbocycles. The number of hydrogen-bond acceptors (Lipinski definition) is 6. The van der Waals surface area contributed by atoms with Crippen LogP contribution < -0.4 is 16.8 Å². The molecule has 118 valence electrons. The van der Waals surface area contributed by atoms with Crippen molar-refractivity contribution < 1.29 is 19.8 Å². The molecule has 1 saturated heterocycles. The van der Waals surface area contributed by atoms with Crippen molar-refractivity contribution >= 4 is 23.7 Å². The standard InChI is InChI=1S/C6H16N2.C6H9NO4S/c7-5-3-1-2-4-6-8;8-5(9)3-1-12-2-4(7-3)6(10)11/h1-8H2;3-4,7H,1-2H2,(H,8,9)(H,10,11). The first-order valence-corrected chi connectivity index (χ1v) is 7.88. The van der Waals surface area contributed by atoms with Crippen LogP contribution in [-0.4, -0.2) is 58.8 Å². The van der Waals surface area contributed by atoms with E-state index in [1.807, 2.05) is 0 Å². The highest BCUT2D eigenvalue weighted by atomic mass is 32.2. The van der Waals surface area contributed by atoms with Crippen molar-refractivity contribution in [3.63, 3.8) is 0 Å². The van der Waals surface area contributed by atoms with Gasteiger partial charge in [0, 0.05) is 11.5 Å². The maximum absolute atomic E-state index is 10.5. The van der Waals surface area contributed by atoms with E-state index in [2.05, 4.69) is 5.32 Å². The smallest absolute Gasteiger partial charge is 0.321 e. The zero-order valence-electron chi connectivity index (χ0n) is 11.6. The molecule has 8 heteroatoms. The highest BCUT2D eigenvalue weighted by Crippen LogP contribution is 2.12. The summed E-state index contributed by atoms with van der Waals surface area (Å²) in [6.07, 6.45) is 4.79. The lowest BCUT2D eigenvalue weighted by atomic mass is 10.2. The van der Waals surface area contributed by atoms with Gasteiger partial charge < -0.3 is 21.7 Å². The Kier molecular flexibility index (Phi) is 11.5. The van der Waals surface area contributed by atoms with Gasteiger partial charge in [0.2, 0.25) is 0 Å². The number of carboxylic acid groups (broad SMARTS) is 2. The summed E-state index contributed by atoms with van der Waals surface area (Å²) in [5.41, 5.74) is 10.6. The van der Waals surface area contributed by atoms with Gasteiger partial charge in [-0.1, -0.05) is 12.8 Å². The summed E-state index contributed by atoms with van der Waals surface area (Å²) in [6, 6.07) is -1.46. The van der Waals surface area contributed by atoms with Crippen LogP contribution in [0.25, 0.3) is 0 Å². The third-order valence-corrected chi connectivity index (χ3v) is 3.86. The summed E-state index contributed by atoms with van der Waals surface area (Å²) in [6.45, 7) is 1.65. The Balaban J connectivity index is 0.000000396. The average Bonchev–Trinajstić information content (AvgIpc) is 2.44. The Bertz CT molecular complexity index is 266. The van der Waals surface area contributed by atoms with Crippen LogP contribution in [0.4, 0.5) is 0 Å². The Hall–Kier alpha value is -0.830. The van der Waals surface area contributed by atoms with Gasteiger partial charge in [0.15, 0.2) is 0 Å². The van der Waals surface area contributed by atoms with Gasteiger partial charge >= 0.3 is 11.9 Å². The summed E-state index contributed by atoms with van der Waals surface area (Å²) < 4.78 is 0. The number of rotatable bonds is 7. The van der Waals surface area contributed by atoms with E-state index in [0.29, 0.717) is 11.5 Å². The molecule has 7 nitrogen and oxygen atoms in total. The molecule has 0 bridgehead atoms. The normalized spacial score (nSPS) is 21.7. The second kappa shape index (κ2) is 12.0. The molecule has 0 saturated carbocycles. The van der Waals surface area contributed by atoms with Crippen LogP contribution in [0.2, 0.25) is 0 Å². The Morgan fingerprint density at radius 3 is 1.65 bits per heavy atom. The number of nitrogens with one attached hydrogen (secondary N) is 1. The maximum atomic E-state index is 10.5. The molecule has 1 rings (SSSR count). The van der Waals surface area contributed by atoms with E-state index < -0.39 is 24.0 Å². The predicted molar refractivity (Wildman–Crippen MR) is 79.9 cm³/mol. The molecule has 0 aliphatic carbocycles. The molecule has 20 heavy (non-hydrogen) atoms. The van der Waals surface area contributed by atoms with Crippen LogP contribution in [-0.2, 0) is 9.59 Å². The van der Waals surface area contributed by atoms with Gasteiger partial charge in [-0.3, -0.25) is 14.9 Å². The largest absolute Gasteiger partial charge is 0.480 e. The minimum absolute atomic E-state index is 0.430. The fourth-order valence-electron chi connectivity index (χ4n) is 1.57. The average molecular weight is 307 g/mol. The Morgan fingerprint density at radius 1 is 0.950 bits per heavy atom. The highest BCUT2D eigenvalue weighted by molar-refractivity contribution is 7.99. The van der Waals surface area contributed by atoms with Crippen LogP contribution >= 0.6 is 11.8 Å². The minimum Gasteiger partial charge on any atom is -0.480 e. The van der Waals surface area contributed by atoms with E-state index in [-0.39, 0.29) is 0 Å². The van der Waals surface area contributed by atoms with E-state index in [4.69, 9.17) is 21.7 Å². The van der Waals surface area contributed by atoms with Gasteiger partial charge in [-0.25, -0.2) is 0 Å². The number of unbranched alkanes of at least 4 members (excludes halogenated alkanes) is 3. The molecule has 0 spiro atoms. The molecular weight excluding hydrogens is 282 g/mol. The van der Waals surface area contributed by atoms with E-state index in [1.165, 1.54) is 24.6 Å². The third kappa shape index (κ3) is 9.13. The molecule has 1 fully saturated rings. The number of carbonyl (C=O) groups is 2. The zero-order chi connectivity index (χ0) is 15.4. The van der Waals surface area contributed by atoms with E-state index in [9.17, 15) is 9.59 Å². The van der Waals surface area contributed by atoms with Crippen molar-refractivity contribution in [1.82, 2.24) is 5.32 Å². The minimum atomic E-state index is -0.992. The molecule has 1 aliphatic rings. The second-order valence-electron chi connectivity index (χ2n) is 4.48. The van der Waals surface area contributed by atoms with Gasteiger partial charge in [-0.05, 0) is 25.9 Å².